The van der Waals surface area contributed by atoms with Gasteiger partial charge in [0.25, 0.3) is 0 Å². The first kappa shape index (κ1) is 15.9. The normalized spacial score (nSPS) is 15.0. The first-order valence-corrected chi connectivity index (χ1v) is 8.33. The zero-order chi connectivity index (χ0) is 16.3. The largest absolute Gasteiger partial charge is 0.491 e. The third kappa shape index (κ3) is 3.35. The van der Waals surface area contributed by atoms with Crippen LogP contribution in [0.15, 0.2) is 48.5 Å². The van der Waals surface area contributed by atoms with Crippen molar-refractivity contribution in [3.05, 3.63) is 59.1 Å². The van der Waals surface area contributed by atoms with E-state index in [1.807, 2.05) is 48.5 Å². The topological polar surface area (TPSA) is 38.3 Å². The van der Waals surface area contributed by atoms with Gasteiger partial charge in [0, 0.05) is 5.02 Å². The highest BCUT2D eigenvalue weighted by molar-refractivity contribution is 6.30. The van der Waals surface area contributed by atoms with Crippen LogP contribution in [0.2, 0.25) is 5.02 Å². The highest BCUT2D eigenvalue weighted by Crippen LogP contribution is 2.49. The number of nitrogens with one attached hydrogen (secondary N) is 1. The highest BCUT2D eigenvalue weighted by Gasteiger charge is 2.51. The van der Waals surface area contributed by atoms with Crippen LogP contribution >= 0.6 is 11.6 Å². The van der Waals surface area contributed by atoms with Gasteiger partial charge in [-0.05, 0) is 49.1 Å². The molecule has 1 saturated carbocycles. The van der Waals surface area contributed by atoms with Crippen LogP contribution in [0, 0.1) is 0 Å². The van der Waals surface area contributed by atoms with E-state index in [2.05, 4.69) is 12.2 Å². The van der Waals surface area contributed by atoms with Gasteiger partial charge in [0.15, 0.2) is 0 Å². The van der Waals surface area contributed by atoms with Crippen molar-refractivity contribution in [3.8, 4) is 5.75 Å². The molecule has 1 N–H and O–H groups in total. The first-order chi connectivity index (χ1) is 11.2. The van der Waals surface area contributed by atoms with Crippen molar-refractivity contribution in [1.29, 1.82) is 0 Å². The molecule has 1 amide bonds. The summed E-state index contributed by atoms with van der Waals surface area (Å²) in [7, 11) is 0. The molecule has 0 saturated heterocycles. The second-order valence-corrected chi connectivity index (χ2v) is 6.33. The van der Waals surface area contributed by atoms with Crippen molar-refractivity contribution in [1.82, 2.24) is 0 Å². The minimum atomic E-state index is -0.456. The van der Waals surface area contributed by atoms with Gasteiger partial charge in [-0.3, -0.25) is 4.79 Å². The molecule has 0 unspecified atom stereocenters. The molecular weight excluding hydrogens is 310 g/mol. The summed E-state index contributed by atoms with van der Waals surface area (Å²) in [6.45, 7) is 2.69. The lowest BCUT2D eigenvalue weighted by Crippen LogP contribution is -2.28. The molecule has 2 aromatic rings. The average molecular weight is 330 g/mol. The maximum absolute atomic E-state index is 12.8. The van der Waals surface area contributed by atoms with Crippen LogP contribution in [0.3, 0.4) is 0 Å². The lowest BCUT2D eigenvalue weighted by Gasteiger charge is -2.18. The van der Waals surface area contributed by atoms with Gasteiger partial charge in [-0.25, -0.2) is 0 Å². The molecule has 120 valence electrons. The van der Waals surface area contributed by atoms with Crippen molar-refractivity contribution in [2.75, 3.05) is 11.9 Å². The summed E-state index contributed by atoms with van der Waals surface area (Å²) in [4.78, 5) is 12.8. The van der Waals surface area contributed by atoms with Gasteiger partial charge < -0.3 is 10.1 Å². The van der Waals surface area contributed by atoms with Crippen LogP contribution in [0.4, 0.5) is 5.69 Å². The van der Waals surface area contributed by atoms with Crippen LogP contribution in [-0.2, 0) is 10.2 Å². The highest BCUT2D eigenvalue weighted by atomic mass is 35.5. The summed E-state index contributed by atoms with van der Waals surface area (Å²) in [6.07, 6.45) is 2.61. The molecule has 0 aromatic heterocycles. The number of hydrogen-bond donors (Lipinski definition) is 1. The van der Waals surface area contributed by atoms with Gasteiger partial charge in [-0.1, -0.05) is 42.8 Å². The van der Waals surface area contributed by atoms with Crippen LogP contribution in [0.25, 0.3) is 0 Å². The molecule has 0 bridgehead atoms. The van der Waals surface area contributed by atoms with Crippen molar-refractivity contribution in [3.63, 3.8) is 0 Å². The Morgan fingerprint density at radius 2 is 2.00 bits per heavy atom. The first-order valence-electron chi connectivity index (χ1n) is 7.95. The molecule has 0 aliphatic heterocycles. The molecule has 4 heteroatoms. The molecule has 1 aliphatic rings. The van der Waals surface area contributed by atoms with Crippen molar-refractivity contribution in [2.45, 2.75) is 31.6 Å². The van der Waals surface area contributed by atoms with E-state index in [1.165, 1.54) is 0 Å². The Labute approximate surface area is 141 Å². The number of anilines is 1. The van der Waals surface area contributed by atoms with Crippen molar-refractivity contribution >= 4 is 23.2 Å². The number of carbonyl (C=O) groups is 1. The van der Waals surface area contributed by atoms with E-state index in [-0.39, 0.29) is 5.91 Å². The molecule has 1 aliphatic carbocycles. The number of rotatable bonds is 6. The molecule has 3 nitrogen and oxygen atoms in total. The van der Waals surface area contributed by atoms with Gasteiger partial charge in [-0.15, -0.1) is 0 Å². The van der Waals surface area contributed by atoms with Crippen molar-refractivity contribution in [2.24, 2.45) is 0 Å². The summed E-state index contributed by atoms with van der Waals surface area (Å²) >= 11 is 6.07. The molecule has 0 radical (unpaired) electrons. The zero-order valence-electron chi connectivity index (χ0n) is 13.1. The third-order valence-electron chi connectivity index (χ3n) is 4.16. The molecular formula is C19H20ClNO2. The number of carbonyl (C=O) groups excluding carboxylic acids is 1. The summed E-state index contributed by atoms with van der Waals surface area (Å²) in [5, 5.41) is 3.69. The second kappa shape index (κ2) is 6.63. The number of hydrogen-bond acceptors (Lipinski definition) is 2. The molecule has 0 atom stereocenters. The lowest BCUT2D eigenvalue weighted by atomic mass is 9.95. The lowest BCUT2D eigenvalue weighted by molar-refractivity contribution is -0.118. The smallest absolute Gasteiger partial charge is 0.235 e. The molecule has 2 aromatic carbocycles. The fraction of sp³-hybridized carbons (Fsp3) is 0.316. The van der Waals surface area contributed by atoms with E-state index in [0.29, 0.717) is 17.4 Å². The number of halogens is 1. The zero-order valence-corrected chi connectivity index (χ0v) is 13.9. The van der Waals surface area contributed by atoms with Crippen LogP contribution in [-0.4, -0.2) is 12.5 Å². The maximum atomic E-state index is 12.8. The number of para-hydroxylation sites is 2. The Morgan fingerprint density at radius 1 is 1.22 bits per heavy atom. The minimum Gasteiger partial charge on any atom is -0.491 e. The Bertz CT molecular complexity index is 710. The van der Waals surface area contributed by atoms with Gasteiger partial charge in [0.05, 0.1) is 17.7 Å². The van der Waals surface area contributed by atoms with E-state index in [0.717, 1.165) is 30.5 Å². The van der Waals surface area contributed by atoms with E-state index in [1.54, 1.807) is 0 Å². The monoisotopic (exact) mass is 329 g/mol. The van der Waals surface area contributed by atoms with E-state index in [4.69, 9.17) is 16.3 Å². The summed E-state index contributed by atoms with van der Waals surface area (Å²) in [5.41, 5.74) is 1.25. The van der Waals surface area contributed by atoms with Gasteiger partial charge >= 0.3 is 0 Å². The van der Waals surface area contributed by atoms with E-state index < -0.39 is 5.41 Å². The quantitative estimate of drug-likeness (QED) is 0.826. The Morgan fingerprint density at radius 3 is 2.70 bits per heavy atom. The van der Waals surface area contributed by atoms with E-state index in [9.17, 15) is 4.79 Å². The number of amides is 1. The van der Waals surface area contributed by atoms with Gasteiger partial charge in [-0.2, -0.15) is 0 Å². The molecule has 23 heavy (non-hydrogen) atoms. The van der Waals surface area contributed by atoms with Gasteiger partial charge in [0.2, 0.25) is 5.91 Å². The Balaban J connectivity index is 1.80. The Kier molecular flexibility index (Phi) is 4.58. The fourth-order valence-electron chi connectivity index (χ4n) is 2.71. The maximum Gasteiger partial charge on any atom is 0.235 e. The van der Waals surface area contributed by atoms with E-state index >= 15 is 0 Å². The average Bonchev–Trinajstić information content (AvgIpc) is 3.36. The van der Waals surface area contributed by atoms with Crippen LogP contribution in [0.5, 0.6) is 5.75 Å². The molecule has 0 heterocycles. The number of ether oxygens (including phenoxy) is 1. The summed E-state index contributed by atoms with van der Waals surface area (Å²) < 4.78 is 5.71. The second-order valence-electron chi connectivity index (χ2n) is 5.89. The SMILES string of the molecule is CCCOc1ccccc1NC(=O)C1(c2cccc(Cl)c2)CC1. The van der Waals surface area contributed by atoms with Crippen LogP contribution in [0.1, 0.15) is 31.7 Å². The molecule has 1 fully saturated rings. The third-order valence-corrected chi connectivity index (χ3v) is 4.39. The van der Waals surface area contributed by atoms with Crippen LogP contribution < -0.4 is 10.1 Å². The number of benzene rings is 2. The minimum absolute atomic E-state index is 0.00677. The van der Waals surface area contributed by atoms with Gasteiger partial charge in [0.1, 0.15) is 5.75 Å². The molecule has 0 spiro atoms. The Hall–Kier alpha value is -2.00. The fourth-order valence-corrected chi connectivity index (χ4v) is 2.90. The summed E-state index contributed by atoms with van der Waals surface area (Å²) in [6, 6.07) is 15.1. The standard InChI is InChI=1S/C19H20ClNO2/c1-2-12-23-17-9-4-3-8-16(17)21-18(22)19(10-11-19)14-6-5-7-15(20)13-14/h3-9,13H,2,10-12H2,1H3,(H,21,22). The predicted molar refractivity (Wildman–Crippen MR) is 93.2 cm³/mol. The summed E-state index contributed by atoms with van der Waals surface area (Å²) in [5.74, 6) is 0.719. The molecule has 3 rings (SSSR count). The predicted octanol–water partition coefficient (Wildman–Crippen LogP) is 4.80. The van der Waals surface area contributed by atoms with Crippen molar-refractivity contribution < 1.29 is 9.53 Å².